The van der Waals surface area contributed by atoms with Gasteiger partial charge in [-0.1, -0.05) is 35.1 Å². The summed E-state index contributed by atoms with van der Waals surface area (Å²) in [6.45, 7) is 3.04. The number of thiazole rings is 1. The quantitative estimate of drug-likeness (QED) is 0.339. The van der Waals surface area contributed by atoms with Gasteiger partial charge in [0.1, 0.15) is 5.82 Å². The van der Waals surface area contributed by atoms with Crippen LogP contribution in [0.1, 0.15) is 16.5 Å². The summed E-state index contributed by atoms with van der Waals surface area (Å²) in [6, 6.07) is 17.6. The number of nitrogens with zero attached hydrogens (tertiary/aromatic N) is 5. The van der Waals surface area contributed by atoms with Crippen molar-refractivity contribution in [3.63, 3.8) is 0 Å². The molecule has 0 unspecified atom stereocenters. The average molecular weight is 510 g/mol. The lowest BCUT2D eigenvalue weighted by molar-refractivity contribution is 0.211. The van der Waals surface area contributed by atoms with E-state index in [4.69, 9.17) is 16.0 Å². The Kier molecular flexibility index (Phi) is 5.68. The monoisotopic (exact) mass is 509 g/mol. The van der Waals surface area contributed by atoms with Gasteiger partial charge in [-0.15, -0.1) is 5.10 Å². The lowest BCUT2D eigenvalue weighted by atomic mass is 10.0. The second-order valence-electron chi connectivity index (χ2n) is 8.35. The van der Waals surface area contributed by atoms with Gasteiger partial charge in [0.2, 0.25) is 16.7 Å². The smallest absolute Gasteiger partial charge is 0.230 e. The Morgan fingerprint density at radius 2 is 1.83 bits per heavy atom. The van der Waals surface area contributed by atoms with E-state index in [1.807, 2.05) is 36.4 Å². The zero-order valence-electron chi connectivity index (χ0n) is 18.5. The third-order valence-electron chi connectivity index (χ3n) is 6.23. The summed E-state index contributed by atoms with van der Waals surface area (Å²) in [5.41, 5.74) is 1.98. The zero-order chi connectivity index (χ0) is 23.9. The number of piperazine rings is 1. The molecule has 10 heteroatoms. The summed E-state index contributed by atoms with van der Waals surface area (Å²) in [4.78, 5) is 10.5. The molecular weight excluding hydrogens is 489 g/mol. The van der Waals surface area contributed by atoms with E-state index in [1.165, 1.54) is 28.0 Å². The van der Waals surface area contributed by atoms with Crippen LogP contribution in [0.25, 0.3) is 16.5 Å². The molecule has 5 aromatic rings. The van der Waals surface area contributed by atoms with Gasteiger partial charge >= 0.3 is 0 Å². The van der Waals surface area contributed by atoms with Crippen LogP contribution >= 0.6 is 22.9 Å². The van der Waals surface area contributed by atoms with Gasteiger partial charge in [0, 0.05) is 36.9 Å². The van der Waals surface area contributed by atoms with Gasteiger partial charge in [0.15, 0.2) is 5.76 Å². The number of fused-ring (bicyclic) bond motifs is 1. The number of anilines is 1. The van der Waals surface area contributed by atoms with Gasteiger partial charge < -0.3 is 14.4 Å². The molecule has 1 aliphatic heterocycles. The fraction of sp³-hybridized carbons (Fsp3) is 0.200. The van der Waals surface area contributed by atoms with Gasteiger partial charge in [-0.3, -0.25) is 4.90 Å². The fourth-order valence-corrected chi connectivity index (χ4v) is 5.85. The molecule has 35 heavy (non-hydrogen) atoms. The van der Waals surface area contributed by atoms with Crippen molar-refractivity contribution in [2.75, 3.05) is 31.1 Å². The largest absolute Gasteiger partial charge is 0.492 e. The topological polar surface area (TPSA) is 70.0 Å². The zero-order valence-corrected chi connectivity index (χ0v) is 20.1. The number of hydrogen-bond acceptors (Lipinski definition) is 7. The molecule has 4 heterocycles. The third kappa shape index (κ3) is 4.16. The van der Waals surface area contributed by atoms with Crippen LogP contribution in [0.2, 0.25) is 5.02 Å². The molecule has 3 aromatic heterocycles. The first kappa shape index (κ1) is 22.1. The minimum atomic E-state index is -0.240. The maximum Gasteiger partial charge on any atom is 0.230 e. The van der Waals surface area contributed by atoms with Crippen molar-refractivity contribution < 1.29 is 13.9 Å². The second kappa shape index (κ2) is 8.99. The van der Waals surface area contributed by atoms with Crippen molar-refractivity contribution >= 4 is 33.6 Å². The number of aromatic nitrogens is 3. The molecule has 0 spiro atoms. The molecule has 1 fully saturated rings. The molecule has 6 rings (SSSR count). The first-order valence-corrected chi connectivity index (χ1v) is 12.4. The highest BCUT2D eigenvalue weighted by molar-refractivity contribution is 7.17. The number of hydrogen-bond donors (Lipinski definition) is 1. The Balaban J connectivity index is 1.33. The molecular formula is C25H21ClFN5O2S. The van der Waals surface area contributed by atoms with Crippen molar-refractivity contribution in [3.8, 4) is 17.5 Å². The van der Waals surface area contributed by atoms with Crippen LogP contribution < -0.4 is 4.90 Å². The van der Waals surface area contributed by atoms with Crippen molar-refractivity contribution in [3.05, 3.63) is 88.2 Å². The van der Waals surface area contributed by atoms with E-state index in [9.17, 15) is 9.50 Å². The lowest BCUT2D eigenvalue weighted by Crippen LogP contribution is -2.47. The first-order chi connectivity index (χ1) is 17.1. The molecule has 0 amide bonds. The van der Waals surface area contributed by atoms with E-state index in [0.29, 0.717) is 21.6 Å². The van der Waals surface area contributed by atoms with Gasteiger partial charge in [-0.05, 0) is 54.1 Å². The molecule has 0 bridgehead atoms. The highest BCUT2D eigenvalue weighted by Gasteiger charge is 2.32. The summed E-state index contributed by atoms with van der Waals surface area (Å²) in [6.07, 6.45) is 1.57. The molecule has 1 saturated heterocycles. The van der Waals surface area contributed by atoms with Crippen LogP contribution in [-0.2, 0) is 0 Å². The molecule has 2 aromatic carbocycles. The van der Waals surface area contributed by atoms with E-state index in [0.717, 1.165) is 42.3 Å². The van der Waals surface area contributed by atoms with Crippen LogP contribution in [0.5, 0.6) is 5.88 Å². The van der Waals surface area contributed by atoms with E-state index in [1.54, 1.807) is 18.4 Å². The van der Waals surface area contributed by atoms with Crippen LogP contribution in [0.15, 0.2) is 71.3 Å². The van der Waals surface area contributed by atoms with Gasteiger partial charge in [-0.25, -0.2) is 4.39 Å². The second-order valence-corrected chi connectivity index (χ2v) is 9.80. The normalized spacial score (nSPS) is 15.7. The standard InChI is InChI=1S/C25H21ClFN5O2S/c26-17-4-1-3-16(15-17)21(31-12-10-30(11-13-31)19-8-6-18(27)7-9-19)22-24(33)32-25(35-22)28-23(29-32)20-5-2-14-34-20/h1-9,14-15,21,33H,10-13H2/t21-/m1/s1. The summed E-state index contributed by atoms with van der Waals surface area (Å²) in [5, 5.41) is 16.3. The van der Waals surface area contributed by atoms with E-state index >= 15 is 0 Å². The van der Waals surface area contributed by atoms with Gasteiger partial charge in [-0.2, -0.15) is 9.50 Å². The number of benzene rings is 2. The predicted molar refractivity (Wildman–Crippen MR) is 134 cm³/mol. The molecule has 7 nitrogen and oxygen atoms in total. The Morgan fingerprint density at radius 1 is 1.03 bits per heavy atom. The van der Waals surface area contributed by atoms with Gasteiger partial charge in [0.05, 0.1) is 17.2 Å². The van der Waals surface area contributed by atoms with E-state index < -0.39 is 0 Å². The maximum atomic E-state index is 13.4. The third-order valence-corrected chi connectivity index (χ3v) is 7.53. The summed E-state index contributed by atoms with van der Waals surface area (Å²) < 4.78 is 20.2. The first-order valence-electron chi connectivity index (χ1n) is 11.2. The van der Waals surface area contributed by atoms with Gasteiger partial charge in [0.25, 0.3) is 0 Å². The van der Waals surface area contributed by atoms with E-state index in [2.05, 4.69) is 19.9 Å². The molecule has 0 saturated carbocycles. The minimum Gasteiger partial charge on any atom is -0.492 e. The van der Waals surface area contributed by atoms with Crippen LogP contribution in [0.3, 0.4) is 0 Å². The number of halogens is 2. The van der Waals surface area contributed by atoms with Crippen molar-refractivity contribution in [2.45, 2.75) is 6.04 Å². The van der Waals surface area contributed by atoms with Crippen molar-refractivity contribution in [1.82, 2.24) is 19.5 Å². The summed E-state index contributed by atoms with van der Waals surface area (Å²) in [7, 11) is 0. The number of aromatic hydroxyl groups is 1. The summed E-state index contributed by atoms with van der Waals surface area (Å²) in [5.74, 6) is 0.789. The SMILES string of the molecule is Oc1c([C@@H](c2cccc(Cl)c2)N2CCN(c3ccc(F)cc3)CC2)sc2nc(-c3ccco3)nn12. The lowest BCUT2D eigenvalue weighted by Gasteiger charge is -2.40. The van der Waals surface area contributed by atoms with Crippen molar-refractivity contribution in [2.24, 2.45) is 0 Å². The van der Waals surface area contributed by atoms with Crippen molar-refractivity contribution in [1.29, 1.82) is 0 Å². The molecule has 1 aliphatic rings. The van der Waals surface area contributed by atoms with Crippen LogP contribution in [-0.4, -0.2) is 50.8 Å². The van der Waals surface area contributed by atoms with E-state index in [-0.39, 0.29) is 17.7 Å². The maximum absolute atomic E-state index is 13.4. The Bertz CT molecular complexity index is 1460. The Morgan fingerprint density at radius 3 is 2.51 bits per heavy atom. The Labute approximate surface area is 209 Å². The van der Waals surface area contributed by atoms with Crippen LogP contribution in [0, 0.1) is 5.82 Å². The molecule has 178 valence electrons. The Hall–Kier alpha value is -3.40. The molecule has 1 atom stereocenters. The number of furan rings is 1. The highest BCUT2D eigenvalue weighted by atomic mass is 35.5. The number of rotatable bonds is 5. The fourth-order valence-electron chi connectivity index (χ4n) is 4.53. The average Bonchev–Trinajstić information content (AvgIpc) is 3.60. The molecule has 1 N–H and O–H groups in total. The predicted octanol–water partition coefficient (Wildman–Crippen LogP) is 5.46. The van der Waals surface area contributed by atoms with Crippen LogP contribution in [0.4, 0.5) is 10.1 Å². The molecule has 0 aliphatic carbocycles. The highest BCUT2D eigenvalue weighted by Crippen LogP contribution is 2.41. The summed E-state index contributed by atoms with van der Waals surface area (Å²) >= 11 is 7.75. The molecule has 0 radical (unpaired) electrons. The minimum absolute atomic E-state index is 0.0567.